The van der Waals surface area contributed by atoms with E-state index in [1.54, 1.807) is 0 Å². The van der Waals surface area contributed by atoms with E-state index in [1.807, 2.05) is 0 Å². The Kier molecular flexibility index (Phi) is 4.45. The highest BCUT2D eigenvalue weighted by Crippen LogP contribution is 2.18. The molecule has 3 heteroatoms. The van der Waals surface area contributed by atoms with Gasteiger partial charge < -0.3 is 9.64 Å². The molecule has 2 fully saturated rings. The smallest absolute Gasteiger partial charge is 0.0753 e. The van der Waals surface area contributed by atoms with Gasteiger partial charge in [-0.05, 0) is 39.2 Å². The van der Waals surface area contributed by atoms with Gasteiger partial charge in [0.05, 0.1) is 12.2 Å². The van der Waals surface area contributed by atoms with Gasteiger partial charge in [-0.3, -0.25) is 4.90 Å². The first kappa shape index (κ1) is 13.3. The van der Waals surface area contributed by atoms with Crippen LogP contribution in [0.4, 0.5) is 0 Å². The van der Waals surface area contributed by atoms with Crippen LogP contribution in [0, 0.1) is 5.92 Å². The zero-order valence-corrected chi connectivity index (χ0v) is 11.7. The largest absolute Gasteiger partial charge is 0.373 e. The molecule has 2 aliphatic heterocycles. The average molecular weight is 240 g/mol. The predicted octanol–water partition coefficient (Wildman–Crippen LogP) is 1.83. The fraction of sp³-hybridized carbons (Fsp3) is 1.00. The molecule has 2 rings (SSSR count). The lowest BCUT2D eigenvalue weighted by molar-refractivity contribution is -0.0874. The molecule has 0 aromatic carbocycles. The van der Waals surface area contributed by atoms with E-state index < -0.39 is 0 Å². The maximum Gasteiger partial charge on any atom is 0.0753 e. The second kappa shape index (κ2) is 5.68. The first-order valence-corrected chi connectivity index (χ1v) is 7.14. The summed E-state index contributed by atoms with van der Waals surface area (Å²) < 4.78 is 5.75. The number of likely N-dealkylation sites (tertiary alicyclic amines) is 1. The third kappa shape index (κ3) is 4.23. The highest BCUT2D eigenvalue weighted by atomic mass is 16.5. The minimum absolute atomic E-state index is 0.0490. The summed E-state index contributed by atoms with van der Waals surface area (Å²) in [6.45, 7) is 14.9. The van der Waals surface area contributed by atoms with Crippen LogP contribution in [0.5, 0.6) is 0 Å². The Labute approximate surface area is 106 Å². The van der Waals surface area contributed by atoms with Crippen molar-refractivity contribution in [2.45, 2.75) is 39.2 Å². The van der Waals surface area contributed by atoms with Gasteiger partial charge in [0.1, 0.15) is 0 Å². The highest BCUT2D eigenvalue weighted by Gasteiger charge is 2.27. The summed E-state index contributed by atoms with van der Waals surface area (Å²) in [5.41, 5.74) is 0.0490. The van der Waals surface area contributed by atoms with E-state index >= 15 is 0 Å². The highest BCUT2D eigenvalue weighted by molar-refractivity contribution is 4.80. The van der Waals surface area contributed by atoms with E-state index in [4.69, 9.17) is 4.74 Å². The number of piperidine rings is 1. The van der Waals surface area contributed by atoms with Crippen LogP contribution >= 0.6 is 0 Å². The summed E-state index contributed by atoms with van der Waals surface area (Å²) in [6, 6.07) is 0. The maximum absolute atomic E-state index is 5.75. The van der Waals surface area contributed by atoms with Crippen molar-refractivity contribution in [2.24, 2.45) is 5.92 Å². The van der Waals surface area contributed by atoms with Crippen LogP contribution in [-0.2, 0) is 4.74 Å². The van der Waals surface area contributed by atoms with Crippen LogP contribution in [0.1, 0.15) is 33.6 Å². The van der Waals surface area contributed by atoms with Gasteiger partial charge in [-0.25, -0.2) is 0 Å². The van der Waals surface area contributed by atoms with Gasteiger partial charge in [0.25, 0.3) is 0 Å². The van der Waals surface area contributed by atoms with E-state index in [2.05, 4.69) is 30.6 Å². The van der Waals surface area contributed by atoms with E-state index in [0.717, 1.165) is 25.6 Å². The SMILES string of the molecule is C[C@@H]1CCCN(CCN2CCOC(C)(C)C2)C1. The van der Waals surface area contributed by atoms with Gasteiger partial charge >= 0.3 is 0 Å². The molecule has 0 unspecified atom stereocenters. The topological polar surface area (TPSA) is 15.7 Å². The monoisotopic (exact) mass is 240 g/mol. The molecule has 3 nitrogen and oxygen atoms in total. The molecule has 100 valence electrons. The van der Waals surface area contributed by atoms with Gasteiger partial charge in [-0.1, -0.05) is 6.92 Å². The van der Waals surface area contributed by atoms with Gasteiger partial charge in [0, 0.05) is 32.7 Å². The first-order valence-electron chi connectivity index (χ1n) is 7.14. The Bertz CT molecular complexity index is 242. The Morgan fingerprint density at radius 1 is 1.18 bits per heavy atom. The fourth-order valence-electron chi connectivity index (χ4n) is 3.08. The second-order valence-corrected chi connectivity index (χ2v) is 6.43. The Morgan fingerprint density at radius 3 is 2.65 bits per heavy atom. The van der Waals surface area contributed by atoms with E-state index in [0.29, 0.717) is 0 Å². The van der Waals surface area contributed by atoms with Crippen molar-refractivity contribution in [3.63, 3.8) is 0 Å². The van der Waals surface area contributed by atoms with Crippen LogP contribution in [0.3, 0.4) is 0 Å². The summed E-state index contributed by atoms with van der Waals surface area (Å²) in [5, 5.41) is 0. The van der Waals surface area contributed by atoms with Gasteiger partial charge in [-0.15, -0.1) is 0 Å². The molecule has 0 spiro atoms. The molecule has 0 aromatic rings. The lowest BCUT2D eigenvalue weighted by Gasteiger charge is -2.39. The molecule has 0 radical (unpaired) electrons. The quantitative estimate of drug-likeness (QED) is 0.748. The first-order chi connectivity index (χ1) is 8.05. The van der Waals surface area contributed by atoms with Crippen molar-refractivity contribution in [3.05, 3.63) is 0 Å². The van der Waals surface area contributed by atoms with Crippen molar-refractivity contribution in [3.8, 4) is 0 Å². The summed E-state index contributed by atoms with van der Waals surface area (Å²) in [4.78, 5) is 5.19. The summed E-state index contributed by atoms with van der Waals surface area (Å²) in [6.07, 6.45) is 2.80. The molecule has 0 amide bonds. The van der Waals surface area contributed by atoms with Crippen LogP contribution < -0.4 is 0 Å². The van der Waals surface area contributed by atoms with Crippen LogP contribution in [0.25, 0.3) is 0 Å². The Morgan fingerprint density at radius 2 is 1.94 bits per heavy atom. The summed E-state index contributed by atoms with van der Waals surface area (Å²) in [7, 11) is 0. The van der Waals surface area contributed by atoms with E-state index in [1.165, 1.54) is 39.0 Å². The minimum Gasteiger partial charge on any atom is -0.373 e. The minimum atomic E-state index is 0.0490. The number of hydrogen-bond donors (Lipinski definition) is 0. The van der Waals surface area contributed by atoms with Crippen LogP contribution in [-0.4, -0.2) is 61.3 Å². The van der Waals surface area contributed by atoms with Gasteiger partial charge in [0.2, 0.25) is 0 Å². The van der Waals surface area contributed by atoms with Crippen molar-refractivity contribution in [1.29, 1.82) is 0 Å². The van der Waals surface area contributed by atoms with Crippen molar-refractivity contribution < 1.29 is 4.74 Å². The number of ether oxygens (including phenoxy) is 1. The molecular weight excluding hydrogens is 212 g/mol. The number of nitrogens with zero attached hydrogens (tertiary/aromatic N) is 2. The Balaban J connectivity index is 1.70. The molecule has 0 bridgehead atoms. The Hall–Kier alpha value is -0.120. The average Bonchev–Trinajstić information content (AvgIpc) is 2.25. The zero-order chi connectivity index (χ0) is 12.3. The normalized spacial score (nSPS) is 31.6. The molecule has 0 N–H and O–H groups in total. The molecule has 17 heavy (non-hydrogen) atoms. The maximum atomic E-state index is 5.75. The third-order valence-corrected chi connectivity index (χ3v) is 3.98. The molecule has 2 saturated heterocycles. The predicted molar refractivity (Wildman–Crippen MR) is 71.3 cm³/mol. The van der Waals surface area contributed by atoms with Crippen molar-refractivity contribution in [2.75, 3.05) is 45.9 Å². The lowest BCUT2D eigenvalue weighted by atomic mass is 10.0. The van der Waals surface area contributed by atoms with E-state index in [-0.39, 0.29) is 5.60 Å². The summed E-state index contributed by atoms with van der Waals surface area (Å²) in [5.74, 6) is 0.893. The molecule has 1 atom stereocenters. The van der Waals surface area contributed by atoms with Crippen molar-refractivity contribution in [1.82, 2.24) is 9.80 Å². The van der Waals surface area contributed by atoms with Crippen LogP contribution in [0.15, 0.2) is 0 Å². The standard InChI is InChI=1S/C14H28N2O/c1-13-5-4-6-15(11-13)7-8-16-9-10-17-14(2,3)12-16/h13H,4-12H2,1-3H3/t13-/m1/s1. The number of hydrogen-bond acceptors (Lipinski definition) is 3. The van der Waals surface area contributed by atoms with Gasteiger partial charge in [-0.2, -0.15) is 0 Å². The molecule has 0 aromatic heterocycles. The molecule has 0 saturated carbocycles. The second-order valence-electron chi connectivity index (χ2n) is 6.43. The van der Waals surface area contributed by atoms with Crippen molar-refractivity contribution >= 4 is 0 Å². The molecular formula is C14H28N2O. The zero-order valence-electron chi connectivity index (χ0n) is 11.7. The van der Waals surface area contributed by atoms with E-state index in [9.17, 15) is 0 Å². The number of rotatable bonds is 3. The summed E-state index contributed by atoms with van der Waals surface area (Å²) >= 11 is 0. The molecule has 0 aliphatic carbocycles. The molecule has 2 heterocycles. The fourth-order valence-corrected chi connectivity index (χ4v) is 3.08. The third-order valence-electron chi connectivity index (χ3n) is 3.98. The molecule has 2 aliphatic rings. The lowest BCUT2D eigenvalue weighted by Crippen LogP contribution is -2.50. The van der Waals surface area contributed by atoms with Gasteiger partial charge in [0.15, 0.2) is 0 Å². The number of morpholine rings is 1. The van der Waals surface area contributed by atoms with Crippen LogP contribution in [0.2, 0.25) is 0 Å².